The molecule has 0 atom stereocenters. The van der Waals surface area contributed by atoms with Crippen molar-refractivity contribution in [2.24, 2.45) is 0 Å². The summed E-state index contributed by atoms with van der Waals surface area (Å²) in [4.78, 5) is 15.8. The van der Waals surface area contributed by atoms with Crippen LogP contribution in [0.4, 0.5) is 0 Å². The Morgan fingerprint density at radius 2 is 2.12 bits per heavy atom. The lowest BCUT2D eigenvalue weighted by Crippen LogP contribution is -2.26. The number of amides is 1. The Kier molecular flexibility index (Phi) is 4.01. The zero-order valence-electron chi connectivity index (χ0n) is 9.95. The summed E-state index contributed by atoms with van der Waals surface area (Å²) in [6.07, 6.45) is 1.56. The van der Waals surface area contributed by atoms with E-state index in [1.54, 1.807) is 12.3 Å². The predicted octanol–water partition coefficient (Wildman–Crippen LogP) is 1.10. The van der Waals surface area contributed by atoms with E-state index in [9.17, 15) is 4.79 Å². The highest BCUT2D eigenvalue weighted by atomic mass is 16.3. The minimum absolute atomic E-state index is 0.0138. The molecule has 0 spiro atoms. The molecule has 1 amide bonds. The van der Waals surface area contributed by atoms with Crippen LogP contribution in [0, 0.1) is 0 Å². The highest BCUT2D eigenvalue weighted by molar-refractivity contribution is 5.93. The predicted molar refractivity (Wildman–Crippen MR) is 62.4 cm³/mol. The third-order valence-electron chi connectivity index (χ3n) is 2.19. The maximum Gasteiger partial charge on any atom is 0.252 e. The number of carbonyl (C=O) groups excluding carboxylic acids is 1. The van der Waals surface area contributed by atoms with E-state index in [0.717, 1.165) is 5.69 Å². The van der Waals surface area contributed by atoms with Crippen molar-refractivity contribution in [3.63, 3.8) is 0 Å². The second-order valence-electron chi connectivity index (χ2n) is 4.66. The van der Waals surface area contributed by atoms with Gasteiger partial charge < -0.3 is 10.4 Å². The van der Waals surface area contributed by atoms with E-state index in [0.29, 0.717) is 5.56 Å². The molecule has 16 heavy (non-hydrogen) atoms. The molecule has 0 aliphatic rings. The molecule has 0 radical (unpaired) electrons. The van der Waals surface area contributed by atoms with Crippen molar-refractivity contribution < 1.29 is 9.90 Å². The normalized spacial score (nSPS) is 11.2. The molecule has 1 aromatic rings. The standard InChI is InChI=1S/C12H18N2O2/c1-12(2,3)10-5-4-9(8-14-10)11(16)13-6-7-15/h4-5,8,15H,6-7H2,1-3H3,(H,13,16). The number of rotatable bonds is 3. The van der Waals surface area contributed by atoms with Crippen LogP contribution >= 0.6 is 0 Å². The maximum atomic E-state index is 11.5. The summed E-state index contributed by atoms with van der Waals surface area (Å²) in [5, 5.41) is 11.2. The van der Waals surface area contributed by atoms with Crippen LogP contribution in [0.3, 0.4) is 0 Å². The lowest BCUT2D eigenvalue weighted by atomic mass is 9.91. The summed E-state index contributed by atoms with van der Waals surface area (Å²) in [6.45, 7) is 6.42. The van der Waals surface area contributed by atoms with Crippen LogP contribution in [-0.4, -0.2) is 29.1 Å². The molecule has 0 fully saturated rings. The van der Waals surface area contributed by atoms with Gasteiger partial charge in [-0.05, 0) is 12.1 Å². The molecule has 0 aromatic carbocycles. The largest absolute Gasteiger partial charge is 0.395 e. The van der Waals surface area contributed by atoms with Crippen LogP contribution in [0.25, 0.3) is 0 Å². The first-order valence-corrected chi connectivity index (χ1v) is 5.31. The molecule has 0 saturated carbocycles. The van der Waals surface area contributed by atoms with Gasteiger partial charge >= 0.3 is 0 Å². The molecule has 0 aliphatic carbocycles. The number of aromatic nitrogens is 1. The molecule has 0 unspecified atom stereocenters. The van der Waals surface area contributed by atoms with Crippen LogP contribution in [0.2, 0.25) is 0 Å². The molecular weight excluding hydrogens is 204 g/mol. The molecular formula is C12H18N2O2. The molecule has 2 N–H and O–H groups in total. The fraction of sp³-hybridized carbons (Fsp3) is 0.500. The summed E-state index contributed by atoms with van der Waals surface area (Å²) in [5.74, 6) is -0.206. The lowest BCUT2D eigenvalue weighted by molar-refractivity contribution is 0.0944. The van der Waals surface area contributed by atoms with E-state index in [4.69, 9.17) is 5.11 Å². The highest BCUT2D eigenvalue weighted by Gasteiger charge is 2.15. The van der Waals surface area contributed by atoms with Gasteiger partial charge in [0.25, 0.3) is 5.91 Å². The van der Waals surface area contributed by atoms with Gasteiger partial charge in [0.1, 0.15) is 0 Å². The van der Waals surface area contributed by atoms with Gasteiger partial charge in [-0.2, -0.15) is 0 Å². The third-order valence-corrected chi connectivity index (χ3v) is 2.19. The van der Waals surface area contributed by atoms with E-state index in [2.05, 4.69) is 31.1 Å². The van der Waals surface area contributed by atoms with Gasteiger partial charge in [0.05, 0.1) is 12.2 Å². The van der Waals surface area contributed by atoms with Crippen LogP contribution in [0.1, 0.15) is 36.8 Å². The molecule has 4 nitrogen and oxygen atoms in total. The van der Waals surface area contributed by atoms with Gasteiger partial charge in [0.15, 0.2) is 0 Å². The van der Waals surface area contributed by atoms with Crippen LogP contribution in [0.15, 0.2) is 18.3 Å². The van der Waals surface area contributed by atoms with E-state index >= 15 is 0 Å². The second kappa shape index (κ2) is 5.07. The fourth-order valence-electron chi connectivity index (χ4n) is 1.24. The Labute approximate surface area is 95.7 Å². The van der Waals surface area contributed by atoms with Gasteiger partial charge in [-0.1, -0.05) is 20.8 Å². The number of aliphatic hydroxyl groups is 1. The number of nitrogens with one attached hydrogen (secondary N) is 1. The fourth-order valence-corrected chi connectivity index (χ4v) is 1.24. The Bertz CT molecular complexity index is 352. The summed E-state index contributed by atoms with van der Waals surface area (Å²) in [5.41, 5.74) is 1.45. The first kappa shape index (κ1) is 12.6. The monoisotopic (exact) mass is 222 g/mol. The van der Waals surface area contributed by atoms with Crippen molar-refractivity contribution in [2.45, 2.75) is 26.2 Å². The van der Waals surface area contributed by atoms with Crippen molar-refractivity contribution >= 4 is 5.91 Å². The van der Waals surface area contributed by atoms with Crippen LogP contribution in [-0.2, 0) is 5.41 Å². The zero-order valence-corrected chi connectivity index (χ0v) is 9.95. The average molecular weight is 222 g/mol. The number of nitrogens with zero attached hydrogens (tertiary/aromatic N) is 1. The van der Waals surface area contributed by atoms with Gasteiger partial charge in [-0.15, -0.1) is 0 Å². The quantitative estimate of drug-likeness (QED) is 0.805. The van der Waals surface area contributed by atoms with Gasteiger partial charge in [-0.3, -0.25) is 9.78 Å². The number of aliphatic hydroxyl groups excluding tert-OH is 1. The van der Waals surface area contributed by atoms with Crippen molar-refractivity contribution in [1.82, 2.24) is 10.3 Å². The molecule has 0 aliphatic heterocycles. The van der Waals surface area contributed by atoms with Crippen molar-refractivity contribution in [3.05, 3.63) is 29.6 Å². The first-order chi connectivity index (χ1) is 7.45. The minimum atomic E-state index is -0.206. The number of hydrogen-bond acceptors (Lipinski definition) is 3. The average Bonchev–Trinajstić information content (AvgIpc) is 2.25. The summed E-state index contributed by atoms with van der Waals surface area (Å²) >= 11 is 0. The van der Waals surface area contributed by atoms with Gasteiger partial charge in [-0.25, -0.2) is 0 Å². The Balaban J connectivity index is 2.75. The highest BCUT2D eigenvalue weighted by Crippen LogP contribution is 2.19. The number of hydrogen-bond donors (Lipinski definition) is 2. The van der Waals surface area contributed by atoms with Crippen LogP contribution in [0.5, 0.6) is 0 Å². The Hall–Kier alpha value is -1.42. The van der Waals surface area contributed by atoms with E-state index in [1.165, 1.54) is 0 Å². The summed E-state index contributed by atoms with van der Waals surface area (Å²) < 4.78 is 0. The molecule has 1 heterocycles. The minimum Gasteiger partial charge on any atom is -0.395 e. The van der Waals surface area contributed by atoms with Crippen molar-refractivity contribution in [1.29, 1.82) is 0 Å². The van der Waals surface area contributed by atoms with Gasteiger partial charge in [0.2, 0.25) is 0 Å². The third kappa shape index (κ3) is 3.31. The SMILES string of the molecule is CC(C)(C)c1ccc(C(=O)NCCO)cn1. The van der Waals surface area contributed by atoms with E-state index in [-0.39, 0.29) is 24.5 Å². The lowest BCUT2D eigenvalue weighted by Gasteiger charge is -2.17. The van der Waals surface area contributed by atoms with Crippen LogP contribution < -0.4 is 5.32 Å². The van der Waals surface area contributed by atoms with Crippen molar-refractivity contribution in [3.8, 4) is 0 Å². The molecule has 4 heteroatoms. The number of pyridine rings is 1. The molecule has 88 valence electrons. The second-order valence-corrected chi connectivity index (χ2v) is 4.66. The smallest absolute Gasteiger partial charge is 0.252 e. The summed E-state index contributed by atoms with van der Waals surface area (Å²) in [7, 11) is 0. The molecule has 1 aromatic heterocycles. The Morgan fingerprint density at radius 3 is 2.56 bits per heavy atom. The maximum absolute atomic E-state index is 11.5. The van der Waals surface area contributed by atoms with Crippen molar-refractivity contribution in [2.75, 3.05) is 13.2 Å². The van der Waals surface area contributed by atoms with Gasteiger partial charge in [0, 0.05) is 23.9 Å². The van der Waals surface area contributed by atoms with E-state index in [1.807, 2.05) is 6.07 Å². The zero-order chi connectivity index (χ0) is 12.2. The molecule has 0 bridgehead atoms. The molecule has 1 rings (SSSR count). The topological polar surface area (TPSA) is 62.2 Å². The summed E-state index contributed by atoms with van der Waals surface area (Å²) in [6, 6.07) is 3.61. The number of carbonyl (C=O) groups is 1. The Morgan fingerprint density at radius 1 is 1.44 bits per heavy atom. The first-order valence-electron chi connectivity index (χ1n) is 5.31. The van der Waals surface area contributed by atoms with E-state index < -0.39 is 0 Å². The molecule has 0 saturated heterocycles.